The predicted octanol–water partition coefficient (Wildman–Crippen LogP) is 3.49. The normalized spacial score (nSPS) is 41.1. The van der Waals surface area contributed by atoms with Crippen molar-refractivity contribution < 1.29 is 4.79 Å². The van der Waals surface area contributed by atoms with Gasteiger partial charge < -0.3 is 0 Å². The summed E-state index contributed by atoms with van der Waals surface area (Å²) in [6.07, 6.45) is 8.89. The predicted molar refractivity (Wildman–Crippen MR) is 58.1 cm³/mol. The molecule has 0 spiro atoms. The molecule has 0 bridgehead atoms. The van der Waals surface area contributed by atoms with Crippen molar-refractivity contribution in [1.29, 1.82) is 0 Å². The molecule has 0 amide bonds. The van der Waals surface area contributed by atoms with Crippen LogP contribution in [-0.4, -0.2) is 5.78 Å². The molecule has 0 heterocycles. The first-order chi connectivity index (χ1) is 6.66. The van der Waals surface area contributed by atoms with Crippen molar-refractivity contribution in [2.75, 3.05) is 0 Å². The van der Waals surface area contributed by atoms with Gasteiger partial charge in [0.05, 0.1) is 0 Å². The van der Waals surface area contributed by atoms with Gasteiger partial charge in [0, 0.05) is 11.8 Å². The van der Waals surface area contributed by atoms with Crippen LogP contribution in [0, 0.1) is 11.3 Å². The maximum absolute atomic E-state index is 12.1. The molecule has 0 unspecified atom stereocenters. The average Bonchev–Trinajstić information content (AvgIpc) is 2.45. The van der Waals surface area contributed by atoms with Crippen LogP contribution >= 0.6 is 0 Å². The van der Waals surface area contributed by atoms with Crippen LogP contribution in [-0.2, 0) is 4.79 Å². The van der Waals surface area contributed by atoms with Crippen molar-refractivity contribution in [2.24, 2.45) is 11.3 Å². The first kappa shape index (κ1) is 9.95. The topological polar surface area (TPSA) is 17.1 Å². The second-order valence-electron chi connectivity index (χ2n) is 5.11. The van der Waals surface area contributed by atoms with E-state index in [1.165, 1.54) is 24.8 Å². The van der Waals surface area contributed by atoms with Crippen LogP contribution < -0.4 is 0 Å². The lowest BCUT2D eigenvalue weighted by Crippen LogP contribution is -2.29. The Morgan fingerprint density at radius 2 is 2.21 bits per heavy atom. The van der Waals surface area contributed by atoms with E-state index < -0.39 is 0 Å². The molecule has 2 fully saturated rings. The molecular formula is C13H20O. The molecule has 0 saturated heterocycles. The van der Waals surface area contributed by atoms with E-state index in [4.69, 9.17) is 0 Å². The van der Waals surface area contributed by atoms with Gasteiger partial charge in [0.2, 0.25) is 0 Å². The number of Topliss-reactive ketones (excluding diaryl/α,β-unsaturated/α-hetero) is 1. The summed E-state index contributed by atoms with van der Waals surface area (Å²) >= 11 is 0. The molecule has 2 atom stereocenters. The number of hydrogen-bond acceptors (Lipinski definition) is 1. The average molecular weight is 192 g/mol. The summed E-state index contributed by atoms with van der Waals surface area (Å²) in [6, 6.07) is 0. The summed E-state index contributed by atoms with van der Waals surface area (Å²) in [5, 5.41) is 0. The van der Waals surface area contributed by atoms with Gasteiger partial charge in [-0.25, -0.2) is 0 Å². The van der Waals surface area contributed by atoms with Crippen molar-refractivity contribution in [2.45, 2.75) is 52.4 Å². The lowest BCUT2D eigenvalue weighted by Gasteiger charge is -2.27. The zero-order valence-electron chi connectivity index (χ0n) is 9.31. The van der Waals surface area contributed by atoms with Crippen LogP contribution in [0.4, 0.5) is 0 Å². The van der Waals surface area contributed by atoms with E-state index in [-0.39, 0.29) is 5.41 Å². The number of ketones is 1. The van der Waals surface area contributed by atoms with E-state index >= 15 is 0 Å². The van der Waals surface area contributed by atoms with Crippen molar-refractivity contribution in [3.8, 4) is 0 Å². The molecular weight excluding hydrogens is 172 g/mol. The van der Waals surface area contributed by atoms with E-state index in [1.807, 2.05) is 0 Å². The van der Waals surface area contributed by atoms with Gasteiger partial charge in [-0.1, -0.05) is 25.0 Å². The number of carbonyl (C=O) groups excluding carboxylic acids is 1. The van der Waals surface area contributed by atoms with Gasteiger partial charge in [-0.2, -0.15) is 0 Å². The highest BCUT2D eigenvalue weighted by atomic mass is 16.1. The number of carbonyl (C=O) groups is 1. The lowest BCUT2D eigenvalue weighted by atomic mass is 9.75. The van der Waals surface area contributed by atoms with E-state index in [2.05, 4.69) is 19.9 Å². The molecule has 0 aromatic rings. The van der Waals surface area contributed by atoms with Gasteiger partial charge in [-0.05, 0) is 38.5 Å². The van der Waals surface area contributed by atoms with Gasteiger partial charge in [0.1, 0.15) is 5.78 Å². The zero-order valence-corrected chi connectivity index (χ0v) is 9.31. The van der Waals surface area contributed by atoms with E-state index in [0.29, 0.717) is 11.7 Å². The summed E-state index contributed by atoms with van der Waals surface area (Å²) in [7, 11) is 0. The first-order valence-corrected chi connectivity index (χ1v) is 5.84. The molecule has 14 heavy (non-hydrogen) atoms. The molecule has 2 rings (SSSR count). The Hall–Kier alpha value is -0.590. The monoisotopic (exact) mass is 192 g/mol. The van der Waals surface area contributed by atoms with Crippen LogP contribution in [0.2, 0.25) is 0 Å². The molecule has 2 aliphatic rings. The van der Waals surface area contributed by atoms with E-state index in [1.54, 1.807) is 0 Å². The van der Waals surface area contributed by atoms with Crippen molar-refractivity contribution >= 4 is 5.78 Å². The highest BCUT2D eigenvalue weighted by molar-refractivity contribution is 5.86. The number of rotatable bonds is 0. The van der Waals surface area contributed by atoms with Gasteiger partial charge in [-0.15, -0.1) is 0 Å². The van der Waals surface area contributed by atoms with Crippen LogP contribution in [0.25, 0.3) is 0 Å². The molecule has 0 aromatic heterocycles. The van der Waals surface area contributed by atoms with Crippen molar-refractivity contribution in [3.63, 3.8) is 0 Å². The summed E-state index contributed by atoms with van der Waals surface area (Å²) in [5.74, 6) is 1.17. The van der Waals surface area contributed by atoms with Crippen LogP contribution in [0.15, 0.2) is 11.6 Å². The summed E-state index contributed by atoms with van der Waals surface area (Å²) in [6.45, 7) is 4.30. The van der Waals surface area contributed by atoms with E-state index in [9.17, 15) is 4.79 Å². The number of fused-ring (bicyclic) bond motifs is 1. The van der Waals surface area contributed by atoms with Crippen LogP contribution in [0.5, 0.6) is 0 Å². The van der Waals surface area contributed by atoms with Gasteiger partial charge >= 0.3 is 0 Å². The molecule has 0 N–H and O–H groups in total. The Kier molecular flexibility index (Phi) is 2.50. The Labute approximate surface area is 86.6 Å². The SMILES string of the molecule is C/C=C1/C[C@H]2CCCCC(=O)[C@@]2(C)C1. The minimum atomic E-state index is -0.00164. The highest BCUT2D eigenvalue weighted by Gasteiger charge is 2.46. The number of hydrogen-bond donors (Lipinski definition) is 0. The fraction of sp³-hybridized carbons (Fsp3) is 0.769. The van der Waals surface area contributed by atoms with Gasteiger partial charge in [0.15, 0.2) is 0 Å². The van der Waals surface area contributed by atoms with E-state index in [0.717, 1.165) is 19.3 Å². The Morgan fingerprint density at radius 1 is 1.43 bits per heavy atom. The Bertz CT molecular complexity index is 277. The van der Waals surface area contributed by atoms with Crippen LogP contribution in [0.3, 0.4) is 0 Å². The third kappa shape index (κ3) is 1.43. The Morgan fingerprint density at radius 3 is 2.93 bits per heavy atom. The van der Waals surface area contributed by atoms with Crippen molar-refractivity contribution in [3.05, 3.63) is 11.6 Å². The van der Waals surface area contributed by atoms with Gasteiger partial charge in [-0.3, -0.25) is 4.79 Å². The molecule has 78 valence electrons. The molecule has 0 aromatic carbocycles. The summed E-state index contributed by atoms with van der Waals surface area (Å²) < 4.78 is 0. The molecule has 0 aliphatic heterocycles. The minimum absolute atomic E-state index is 0.00164. The smallest absolute Gasteiger partial charge is 0.139 e. The molecule has 2 saturated carbocycles. The third-order valence-corrected chi connectivity index (χ3v) is 4.26. The molecule has 1 nitrogen and oxygen atoms in total. The fourth-order valence-electron chi connectivity index (χ4n) is 3.16. The van der Waals surface area contributed by atoms with Crippen molar-refractivity contribution in [1.82, 2.24) is 0 Å². The second kappa shape index (κ2) is 3.52. The highest BCUT2D eigenvalue weighted by Crippen LogP contribution is 2.51. The lowest BCUT2D eigenvalue weighted by molar-refractivity contribution is -0.129. The zero-order chi connectivity index (χ0) is 10.2. The third-order valence-electron chi connectivity index (χ3n) is 4.26. The fourth-order valence-corrected chi connectivity index (χ4v) is 3.16. The molecule has 0 radical (unpaired) electrons. The maximum atomic E-state index is 12.1. The minimum Gasteiger partial charge on any atom is -0.299 e. The quantitative estimate of drug-likeness (QED) is 0.537. The van der Waals surface area contributed by atoms with Gasteiger partial charge in [0.25, 0.3) is 0 Å². The standard InChI is InChI=1S/C13H20O/c1-3-10-8-11-6-4-5-7-12(14)13(11,2)9-10/h3,11H,4-9H2,1-2H3/b10-3-/t11-,13+/m1/s1. The molecule has 2 aliphatic carbocycles. The van der Waals surface area contributed by atoms with Crippen LogP contribution in [0.1, 0.15) is 52.4 Å². The molecule has 1 heteroatoms. The number of allylic oxidation sites excluding steroid dienone is 2. The maximum Gasteiger partial charge on any atom is 0.139 e. The summed E-state index contributed by atoms with van der Waals surface area (Å²) in [4.78, 5) is 12.1. The Balaban J connectivity index is 2.27. The first-order valence-electron chi connectivity index (χ1n) is 5.84. The second-order valence-corrected chi connectivity index (χ2v) is 5.11. The largest absolute Gasteiger partial charge is 0.299 e. The summed E-state index contributed by atoms with van der Waals surface area (Å²) in [5.41, 5.74) is 1.51.